The fourth-order valence-electron chi connectivity index (χ4n) is 0. The van der Waals surface area contributed by atoms with Gasteiger partial charge in [0.05, 0.1) is 0 Å². The van der Waals surface area contributed by atoms with E-state index in [1.807, 2.05) is 0 Å². The van der Waals surface area contributed by atoms with Crippen LogP contribution < -0.4 is 0 Å². The molecule has 0 heterocycles. The minimum absolute atomic E-state index is 0. The molecule has 0 spiro atoms. The molecular formula is C2H4Cl3Na3O2. The predicted octanol–water partition coefficient (Wildman–Crippen LogP) is -0.504. The molecular weight excluding hydrogens is 231 g/mol. The third kappa shape index (κ3) is 13.9. The third-order valence-electron chi connectivity index (χ3n) is 0.243. The van der Waals surface area contributed by atoms with E-state index in [1.54, 1.807) is 0 Å². The predicted molar refractivity (Wildman–Crippen MR) is 49.4 cm³/mol. The van der Waals surface area contributed by atoms with Crippen LogP contribution in [0.25, 0.3) is 0 Å². The van der Waals surface area contributed by atoms with Gasteiger partial charge in [0, 0.05) is 0 Å². The number of carboxylic acid groups (broad SMARTS) is 1. The van der Waals surface area contributed by atoms with E-state index in [0.717, 1.165) is 0 Å². The van der Waals surface area contributed by atoms with E-state index < -0.39 is 9.76 Å². The third-order valence-corrected chi connectivity index (χ3v) is 0.728. The van der Waals surface area contributed by atoms with Gasteiger partial charge in [-0.2, -0.15) is 0 Å². The average molecular weight is 235 g/mol. The van der Waals surface area contributed by atoms with Gasteiger partial charge >= 0.3 is 94.6 Å². The van der Waals surface area contributed by atoms with Crippen LogP contribution in [0.1, 0.15) is 0 Å². The quantitative estimate of drug-likeness (QED) is 0.454. The second-order valence-electron chi connectivity index (χ2n) is 0.803. The van der Waals surface area contributed by atoms with Crippen LogP contribution >= 0.6 is 34.8 Å². The van der Waals surface area contributed by atoms with Gasteiger partial charge in [-0.05, 0) is 0 Å². The Morgan fingerprint density at radius 1 is 1.10 bits per heavy atom. The van der Waals surface area contributed by atoms with E-state index in [-0.39, 0.29) is 88.7 Å². The van der Waals surface area contributed by atoms with Crippen molar-refractivity contribution in [1.82, 2.24) is 0 Å². The summed E-state index contributed by atoms with van der Waals surface area (Å²) in [6.07, 6.45) is 0. The van der Waals surface area contributed by atoms with Crippen LogP contribution in [0.3, 0.4) is 0 Å². The first kappa shape index (κ1) is 23.3. The number of rotatable bonds is 0. The molecule has 0 aliphatic carbocycles. The molecule has 48 valence electrons. The fourth-order valence-corrected chi connectivity index (χ4v) is 0. The van der Waals surface area contributed by atoms with E-state index in [9.17, 15) is 4.79 Å². The van der Waals surface area contributed by atoms with Gasteiger partial charge in [0.2, 0.25) is 0 Å². The van der Waals surface area contributed by atoms with E-state index in [1.165, 1.54) is 0 Å². The summed E-state index contributed by atoms with van der Waals surface area (Å²) < 4.78 is -2.17. The number of hydrogen-bond acceptors (Lipinski definition) is 1. The number of aliphatic carboxylic acids is 1. The zero-order valence-electron chi connectivity index (χ0n) is 2.99. The van der Waals surface area contributed by atoms with Crippen LogP contribution in [0.5, 0.6) is 0 Å². The molecule has 0 aromatic carbocycles. The standard InChI is InChI=1S/C2HCl3O2.3Na.3H/c3-2(4,5)1(6)7;;;;;;/h(H,6,7);;;;;;. The molecule has 0 atom stereocenters. The summed E-state index contributed by atoms with van der Waals surface area (Å²) in [5, 5.41) is 7.85. The summed E-state index contributed by atoms with van der Waals surface area (Å²) in [6.45, 7) is 0. The second kappa shape index (κ2) is 10.4. The van der Waals surface area contributed by atoms with Crippen LogP contribution in [0.15, 0.2) is 0 Å². The van der Waals surface area contributed by atoms with Crippen molar-refractivity contribution in [1.29, 1.82) is 0 Å². The van der Waals surface area contributed by atoms with Crippen molar-refractivity contribution in [3.8, 4) is 0 Å². The van der Waals surface area contributed by atoms with Crippen molar-refractivity contribution in [2.45, 2.75) is 3.79 Å². The van der Waals surface area contributed by atoms with Gasteiger partial charge in [-0.1, -0.05) is 34.8 Å². The Hall–Kier alpha value is 3.34. The Balaban J connectivity index is -0.0000000600. The Morgan fingerprint density at radius 3 is 1.20 bits per heavy atom. The molecule has 8 heteroatoms. The van der Waals surface area contributed by atoms with Gasteiger partial charge in [0.1, 0.15) is 0 Å². The number of carbonyl (C=O) groups is 1. The maximum absolute atomic E-state index is 9.62. The van der Waals surface area contributed by atoms with E-state index in [4.69, 9.17) is 39.9 Å². The molecule has 0 saturated carbocycles. The Bertz CT molecular complexity index is 92.2. The van der Waals surface area contributed by atoms with Gasteiger partial charge in [0.15, 0.2) is 0 Å². The molecule has 0 radical (unpaired) electrons. The Kier molecular flexibility index (Phi) is 24.3. The molecule has 0 fully saturated rings. The van der Waals surface area contributed by atoms with Crippen molar-refractivity contribution < 1.29 is 9.90 Å². The summed E-state index contributed by atoms with van der Waals surface area (Å²) in [4.78, 5) is 9.62. The summed E-state index contributed by atoms with van der Waals surface area (Å²) in [5.74, 6) is -1.46. The molecule has 0 bridgehead atoms. The summed E-state index contributed by atoms with van der Waals surface area (Å²) in [7, 11) is 0. The van der Waals surface area contributed by atoms with E-state index in [0.29, 0.717) is 0 Å². The van der Waals surface area contributed by atoms with Crippen molar-refractivity contribution in [2.75, 3.05) is 0 Å². The average Bonchev–Trinajstić information content (AvgIpc) is 1.31. The number of carboxylic acids is 1. The molecule has 0 unspecified atom stereocenters. The first-order valence-corrected chi connectivity index (χ1v) is 2.38. The van der Waals surface area contributed by atoms with Crippen LogP contribution in [-0.2, 0) is 4.79 Å². The fraction of sp³-hybridized carbons (Fsp3) is 0.500. The molecule has 0 aliphatic rings. The molecule has 0 aromatic rings. The monoisotopic (exact) mass is 234 g/mol. The van der Waals surface area contributed by atoms with Gasteiger partial charge in [-0.25, -0.2) is 4.79 Å². The van der Waals surface area contributed by atoms with Crippen LogP contribution in [0, 0.1) is 0 Å². The molecule has 1 N–H and O–H groups in total. The van der Waals surface area contributed by atoms with Gasteiger partial charge in [-0.3, -0.25) is 0 Å². The molecule has 0 aliphatic heterocycles. The van der Waals surface area contributed by atoms with Crippen molar-refractivity contribution in [2.24, 2.45) is 0 Å². The summed E-state index contributed by atoms with van der Waals surface area (Å²) >= 11 is 14.4. The van der Waals surface area contributed by atoms with E-state index in [2.05, 4.69) is 0 Å². The van der Waals surface area contributed by atoms with Crippen LogP contribution in [0.2, 0.25) is 0 Å². The number of hydrogen-bond donors (Lipinski definition) is 1. The zero-order chi connectivity index (χ0) is 6.08. The molecule has 2 nitrogen and oxygen atoms in total. The number of alkyl halides is 3. The molecule has 0 rings (SSSR count). The van der Waals surface area contributed by atoms with Crippen molar-refractivity contribution >= 4 is 129 Å². The van der Waals surface area contributed by atoms with Crippen LogP contribution in [0.4, 0.5) is 0 Å². The topological polar surface area (TPSA) is 37.3 Å². The van der Waals surface area contributed by atoms with Crippen molar-refractivity contribution in [3.63, 3.8) is 0 Å². The normalized spacial score (nSPS) is 7.90. The van der Waals surface area contributed by atoms with Gasteiger partial charge in [-0.15, -0.1) is 0 Å². The molecule has 0 amide bonds. The molecule has 10 heavy (non-hydrogen) atoms. The SMILES string of the molecule is O=C(O)C(Cl)(Cl)Cl.[NaH].[NaH].[NaH]. The first-order chi connectivity index (χ1) is 2.94. The number of halogens is 3. The minimum atomic E-state index is -2.17. The molecule has 0 saturated heterocycles. The Labute approximate surface area is 140 Å². The summed E-state index contributed by atoms with van der Waals surface area (Å²) in [5.41, 5.74) is 0. The van der Waals surface area contributed by atoms with E-state index >= 15 is 0 Å². The van der Waals surface area contributed by atoms with Gasteiger partial charge in [0.25, 0.3) is 3.79 Å². The zero-order valence-corrected chi connectivity index (χ0v) is 5.26. The first-order valence-electron chi connectivity index (χ1n) is 1.24. The second-order valence-corrected chi connectivity index (χ2v) is 3.08. The molecule has 0 aromatic heterocycles. The Morgan fingerprint density at radius 2 is 1.20 bits per heavy atom. The van der Waals surface area contributed by atoms with Crippen LogP contribution in [-0.4, -0.2) is 104 Å². The van der Waals surface area contributed by atoms with Crippen molar-refractivity contribution in [3.05, 3.63) is 0 Å². The van der Waals surface area contributed by atoms with Gasteiger partial charge < -0.3 is 5.11 Å². The summed E-state index contributed by atoms with van der Waals surface area (Å²) in [6, 6.07) is 0. The maximum atomic E-state index is 9.62.